The summed E-state index contributed by atoms with van der Waals surface area (Å²) in [5, 5.41) is 11.8. The third kappa shape index (κ3) is 6.98. The molecular formula is C31H33FN4O4. The van der Waals surface area contributed by atoms with Crippen molar-refractivity contribution in [3.8, 4) is 0 Å². The van der Waals surface area contributed by atoms with E-state index in [1.807, 2.05) is 50.5 Å². The number of anilines is 2. The highest BCUT2D eigenvalue weighted by molar-refractivity contribution is 6.24. The fourth-order valence-electron chi connectivity index (χ4n) is 4.75. The minimum absolute atomic E-state index is 0.0169. The molecule has 0 saturated heterocycles. The van der Waals surface area contributed by atoms with E-state index in [0.717, 1.165) is 24.2 Å². The number of carboxylic acid groups (broad SMARTS) is 1. The van der Waals surface area contributed by atoms with Crippen LogP contribution in [0.5, 0.6) is 0 Å². The van der Waals surface area contributed by atoms with E-state index in [1.54, 1.807) is 30.0 Å². The maximum Gasteiger partial charge on any atom is 0.303 e. The summed E-state index contributed by atoms with van der Waals surface area (Å²) in [7, 11) is 3.98. The zero-order valence-corrected chi connectivity index (χ0v) is 22.9. The van der Waals surface area contributed by atoms with Crippen molar-refractivity contribution >= 4 is 40.6 Å². The van der Waals surface area contributed by atoms with Gasteiger partial charge in [0.25, 0.3) is 0 Å². The molecule has 0 aliphatic carbocycles. The van der Waals surface area contributed by atoms with Crippen molar-refractivity contribution in [2.24, 2.45) is 4.99 Å². The fourth-order valence-corrected chi connectivity index (χ4v) is 4.75. The van der Waals surface area contributed by atoms with Gasteiger partial charge in [0.2, 0.25) is 11.8 Å². The van der Waals surface area contributed by atoms with E-state index in [1.165, 1.54) is 12.1 Å². The number of aliphatic carboxylic acids is 1. The number of nitrogens with one attached hydrogen (secondary N) is 1. The Hall–Kier alpha value is -4.37. The number of nitrogens with zero attached hydrogens (tertiary/aromatic N) is 3. The number of carbonyl (C=O) groups excluding carboxylic acids is 2. The summed E-state index contributed by atoms with van der Waals surface area (Å²) >= 11 is 0. The van der Waals surface area contributed by atoms with E-state index in [9.17, 15) is 18.8 Å². The Bertz CT molecular complexity index is 1420. The van der Waals surface area contributed by atoms with Gasteiger partial charge in [0.05, 0.1) is 11.4 Å². The molecule has 1 aliphatic rings. The normalized spacial score (nSPS) is 14.7. The van der Waals surface area contributed by atoms with Gasteiger partial charge in [-0.1, -0.05) is 30.3 Å². The van der Waals surface area contributed by atoms with Crippen molar-refractivity contribution in [1.82, 2.24) is 4.90 Å². The third-order valence-corrected chi connectivity index (χ3v) is 6.78. The van der Waals surface area contributed by atoms with E-state index in [4.69, 9.17) is 10.1 Å². The van der Waals surface area contributed by atoms with Crippen molar-refractivity contribution in [2.75, 3.05) is 37.4 Å². The number of carboxylic acids is 1. The van der Waals surface area contributed by atoms with Gasteiger partial charge in [-0.3, -0.25) is 19.4 Å². The summed E-state index contributed by atoms with van der Waals surface area (Å²) in [4.78, 5) is 45.1. The van der Waals surface area contributed by atoms with E-state index in [-0.39, 0.29) is 18.2 Å². The lowest BCUT2D eigenvalue weighted by molar-refractivity contribution is -0.137. The summed E-state index contributed by atoms with van der Waals surface area (Å²) in [6.07, 6.45) is 1.23. The summed E-state index contributed by atoms with van der Waals surface area (Å²) in [6.45, 7) is 2.99. The van der Waals surface area contributed by atoms with Crippen LogP contribution < -0.4 is 10.2 Å². The average molecular weight is 545 g/mol. The Morgan fingerprint density at radius 1 is 1.00 bits per heavy atom. The number of hydrogen-bond acceptors (Lipinski definition) is 5. The molecule has 0 spiro atoms. The second-order valence-electron chi connectivity index (χ2n) is 10.1. The van der Waals surface area contributed by atoms with Crippen LogP contribution in [0.25, 0.3) is 0 Å². The second-order valence-corrected chi connectivity index (χ2v) is 10.1. The predicted molar refractivity (Wildman–Crippen MR) is 154 cm³/mol. The van der Waals surface area contributed by atoms with Gasteiger partial charge < -0.3 is 20.2 Å². The highest BCUT2D eigenvalue weighted by Crippen LogP contribution is 2.37. The highest BCUT2D eigenvalue weighted by Gasteiger charge is 2.35. The van der Waals surface area contributed by atoms with Crippen LogP contribution in [0.15, 0.2) is 71.7 Å². The molecule has 4 rings (SSSR count). The van der Waals surface area contributed by atoms with E-state index < -0.39 is 17.7 Å². The molecule has 0 aromatic heterocycles. The predicted octanol–water partition coefficient (Wildman–Crippen LogP) is 5.00. The zero-order valence-electron chi connectivity index (χ0n) is 22.9. The molecule has 8 nitrogen and oxygen atoms in total. The number of hydrogen-bond donors (Lipinski definition) is 2. The molecule has 3 aromatic rings. The second kappa shape index (κ2) is 12.7. The maximum absolute atomic E-state index is 13.9. The summed E-state index contributed by atoms with van der Waals surface area (Å²) in [6, 6.07) is 18.8. The Labute approximate surface area is 233 Å². The molecule has 0 fully saturated rings. The van der Waals surface area contributed by atoms with Crippen LogP contribution in [-0.2, 0) is 20.8 Å². The molecule has 2 N–H and O–H groups in total. The number of rotatable bonds is 11. The minimum atomic E-state index is -0.873. The lowest BCUT2D eigenvalue weighted by atomic mass is 9.90. The van der Waals surface area contributed by atoms with Crippen molar-refractivity contribution in [3.05, 3.63) is 89.2 Å². The number of benzene rings is 3. The van der Waals surface area contributed by atoms with E-state index in [0.29, 0.717) is 41.2 Å². The Balaban J connectivity index is 1.69. The van der Waals surface area contributed by atoms with Crippen LogP contribution in [0.2, 0.25) is 0 Å². The standard InChI is InChI=1S/C31H33FN4O4/c1-20(37)36(18-4-17-35(2)3)25-13-11-24(12-14-25)33-30(22-8-5-21(6-9-22)7-16-28(38)39)29-26-15-10-23(32)19-27(26)34-31(29)40/h5-6,8-15,19,29H,4,7,16-18H2,1-3H3,(H,34,40)(H,38,39). The van der Waals surface area contributed by atoms with Gasteiger partial charge in [0.15, 0.2) is 0 Å². The molecule has 1 aliphatic heterocycles. The first-order valence-corrected chi connectivity index (χ1v) is 13.2. The Kier molecular flexibility index (Phi) is 9.06. The maximum atomic E-state index is 13.9. The lowest BCUT2D eigenvalue weighted by Gasteiger charge is -2.22. The first-order chi connectivity index (χ1) is 19.1. The van der Waals surface area contributed by atoms with Gasteiger partial charge in [-0.15, -0.1) is 0 Å². The van der Waals surface area contributed by atoms with Crippen LogP contribution in [0.3, 0.4) is 0 Å². The molecule has 0 radical (unpaired) electrons. The molecule has 1 atom stereocenters. The third-order valence-electron chi connectivity index (χ3n) is 6.78. The van der Waals surface area contributed by atoms with Gasteiger partial charge in [-0.25, -0.2) is 4.39 Å². The molecule has 208 valence electrons. The number of carbonyl (C=O) groups is 3. The molecular weight excluding hydrogens is 511 g/mol. The number of aliphatic imine (C=N–C) groups is 1. The Morgan fingerprint density at radius 2 is 1.70 bits per heavy atom. The van der Waals surface area contributed by atoms with E-state index >= 15 is 0 Å². The Morgan fingerprint density at radius 3 is 2.33 bits per heavy atom. The minimum Gasteiger partial charge on any atom is -0.481 e. The van der Waals surface area contributed by atoms with Crippen molar-refractivity contribution in [2.45, 2.75) is 32.1 Å². The molecule has 1 heterocycles. The summed E-state index contributed by atoms with van der Waals surface area (Å²) in [5.41, 5.74) is 4.41. The molecule has 0 bridgehead atoms. The first-order valence-electron chi connectivity index (χ1n) is 13.2. The largest absolute Gasteiger partial charge is 0.481 e. The number of halogens is 1. The van der Waals surface area contributed by atoms with Crippen molar-refractivity contribution in [1.29, 1.82) is 0 Å². The molecule has 3 aromatic carbocycles. The van der Waals surface area contributed by atoms with Crippen molar-refractivity contribution in [3.63, 3.8) is 0 Å². The van der Waals surface area contributed by atoms with Gasteiger partial charge in [-0.05, 0) is 86.6 Å². The molecule has 1 unspecified atom stereocenters. The molecule has 40 heavy (non-hydrogen) atoms. The number of aryl methyl sites for hydroxylation is 1. The van der Waals surface area contributed by atoms with Gasteiger partial charge in [0, 0.05) is 31.3 Å². The van der Waals surface area contributed by atoms with Gasteiger partial charge >= 0.3 is 5.97 Å². The van der Waals surface area contributed by atoms with Crippen molar-refractivity contribution < 1.29 is 23.9 Å². The van der Waals surface area contributed by atoms with Gasteiger partial charge in [0.1, 0.15) is 11.7 Å². The van der Waals surface area contributed by atoms with Crippen LogP contribution in [-0.4, -0.2) is 60.7 Å². The smallest absolute Gasteiger partial charge is 0.303 e. The topological polar surface area (TPSA) is 102 Å². The van der Waals surface area contributed by atoms with Crippen LogP contribution in [0.1, 0.15) is 42.4 Å². The highest BCUT2D eigenvalue weighted by atomic mass is 19.1. The number of fused-ring (bicyclic) bond motifs is 1. The molecule has 9 heteroatoms. The lowest BCUT2D eigenvalue weighted by Crippen LogP contribution is -2.31. The van der Waals surface area contributed by atoms with Crippen LogP contribution in [0.4, 0.5) is 21.5 Å². The average Bonchev–Trinajstić information content (AvgIpc) is 3.23. The monoisotopic (exact) mass is 544 g/mol. The zero-order chi connectivity index (χ0) is 28.8. The fraction of sp³-hybridized carbons (Fsp3) is 0.290. The quantitative estimate of drug-likeness (QED) is 0.331. The molecule has 2 amide bonds. The SMILES string of the molecule is CC(=O)N(CCCN(C)C)c1ccc(N=C(c2ccc(CCC(=O)O)cc2)C2C(=O)Nc3cc(F)ccc32)cc1. The van der Waals surface area contributed by atoms with Gasteiger partial charge in [-0.2, -0.15) is 0 Å². The van der Waals surface area contributed by atoms with Crippen LogP contribution in [0, 0.1) is 5.82 Å². The summed E-state index contributed by atoms with van der Waals surface area (Å²) < 4.78 is 13.9. The summed E-state index contributed by atoms with van der Waals surface area (Å²) in [5.74, 6) is -2.45. The molecule has 0 saturated carbocycles. The van der Waals surface area contributed by atoms with Crippen LogP contribution >= 0.6 is 0 Å². The number of amides is 2. The van der Waals surface area contributed by atoms with E-state index in [2.05, 4.69) is 10.2 Å². The first kappa shape index (κ1) is 28.6.